The Labute approximate surface area is 105 Å². The number of halogens is 1. The van der Waals surface area contributed by atoms with Crippen molar-refractivity contribution in [2.75, 3.05) is 43.6 Å². The Hall–Kier alpha value is -1.47. The molecule has 1 aromatic heterocycles. The van der Waals surface area contributed by atoms with Crippen molar-refractivity contribution in [1.29, 1.82) is 0 Å². The number of hydrogen-bond acceptors (Lipinski definition) is 6. The summed E-state index contributed by atoms with van der Waals surface area (Å²) in [4.78, 5) is 11.4. The summed E-state index contributed by atoms with van der Waals surface area (Å²) in [6, 6.07) is 0. The van der Waals surface area contributed by atoms with Crippen LogP contribution in [-0.2, 0) is 0 Å². The Morgan fingerprint density at radius 1 is 1.56 bits per heavy atom. The van der Waals surface area contributed by atoms with Gasteiger partial charge in [0.25, 0.3) is 0 Å². The van der Waals surface area contributed by atoms with Crippen LogP contribution >= 0.6 is 0 Å². The Morgan fingerprint density at radius 3 is 2.83 bits per heavy atom. The Balaban J connectivity index is 2.23. The third-order valence-corrected chi connectivity index (χ3v) is 3.05. The van der Waals surface area contributed by atoms with Gasteiger partial charge < -0.3 is 20.0 Å². The van der Waals surface area contributed by atoms with Crippen molar-refractivity contribution in [3.8, 4) is 0 Å². The second-order valence-electron chi connectivity index (χ2n) is 4.79. The molecule has 2 heterocycles. The van der Waals surface area contributed by atoms with Gasteiger partial charge in [-0.2, -0.15) is 4.98 Å². The molecule has 0 aliphatic carbocycles. The van der Waals surface area contributed by atoms with Crippen LogP contribution in [0.15, 0.2) is 6.20 Å². The van der Waals surface area contributed by atoms with E-state index in [2.05, 4.69) is 9.97 Å². The average Bonchev–Trinajstić information content (AvgIpc) is 2.73. The zero-order valence-electron chi connectivity index (χ0n) is 10.5. The molecule has 0 radical (unpaired) electrons. The second kappa shape index (κ2) is 4.66. The highest BCUT2D eigenvalue weighted by molar-refractivity contribution is 5.44. The molecule has 1 fully saturated rings. The summed E-state index contributed by atoms with van der Waals surface area (Å²) in [6.45, 7) is 0.489. The van der Waals surface area contributed by atoms with Crippen LogP contribution in [-0.4, -0.2) is 59.6 Å². The smallest absolute Gasteiger partial charge is 0.227 e. The van der Waals surface area contributed by atoms with E-state index in [-0.39, 0.29) is 19.0 Å². The van der Waals surface area contributed by atoms with E-state index in [0.29, 0.717) is 18.9 Å². The van der Waals surface area contributed by atoms with E-state index >= 15 is 0 Å². The zero-order valence-corrected chi connectivity index (χ0v) is 10.5. The summed E-state index contributed by atoms with van der Waals surface area (Å²) in [6.07, 6.45) is 1.57. The van der Waals surface area contributed by atoms with Crippen LogP contribution in [0, 0.1) is 5.82 Å². The predicted molar refractivity (Wildman–Crippen MR) is 65.2 cm³/mol. The maximum Gasteiger partial charge on any atom is 0.227 e. The van der Waals surface area contributed by atoms with Crippen LogP contribution in [0.2, 0.25) is 0 Å². The molecule has 6 nitrogen and oxygen atoms in total. The molecule has 0 spiro atoms. The minimum Gasteiger partial charge on any atom is -0.393 e. The van der Waals surface area contributed by atoms with Gasteiger partial charge in [0, 0.05) is 20.6 Å². The first-order chi connectivity index (χ1) is 8.45. The molecule has 0 aromatic carbocycles. The standard InChI is InChI=1S/C11H17FN4O2/c1-15(2)9-8(12)5-13-10(14-9)16-4-3-11(18,6-16)7-17/h5,17-18H,3-4,6-7H2,1-2H3/t11-/m1/s1. The van der Waals surface area contributed by atoms with Crippen LogP contribution in [0.1, 0.15) is 6.42 Å². The summed E-state index contributed by atoms with van der Waals surface area (Å²) >= 11 is 0. The van der Waals surface area contributed by atoms with Crippen LogP contribution in [0.25, 0.3) is 0 Å². The molecule has 1 aliphatic heterocycles. The number of aliphatic hydroxyl groups is 2. The van der Waals surface area contributed by atoms with Crippen molar-refractivity contribution in [3.63, 3.8) is 0 Å². The molecular formula is C11H17FN4O2. The van der Waals surface area contributed by atoms with Crippen molar-refractivity contribution in [3.05, 3.63) is 12.0 Å². The maximum atomic E-state index is 13.5. The van der Waals surface area contributed by atoms with Gasteiger partial charge >= 0.3 is 0 Å². The highest BCUT2D eigenvalue weighted by Gasteiger charge is 2.36. The highest BCUT2D eigenvalue weighted by Crippen LogP contribution is 2.25. The number of nitrogens with zero attached hydrogens (tertiary/aromatic N) is 4. The number of hydrogen-bond donors (Lipinski definition) is 2. The molecule has 0 unspecified atom stereocenters. The minimum absolute atomic E-state index is 0.208. The molecule has 2 rings (SSSR count). The molecule has 0 bridgehead atoms. The second-order valence-corrected chi connectivity index (χ2v) is 4.79. The van der Waals surface area contributed by atoms with Crippen LogP contribution in [0.5, 0.6) is 0 Å². The lowest BCUT2D eigenvalue weighted by atomic mass is 10.1. The number of β-amino-alcohol motifs (C(OH)–C–C–N with tert-alkyl or cyclic N) is 1. The van der Waals surface area contributed by atoms with E-state index in [9.17, 15) is 9.50 Å². The number of aromatic nitrogens is 2. The summed E-state index contributed by atoms with van der Waals surface area (Å²) in [5.41, 5.74) is -1.12. The molecule has 1 aliphatic rings. The van der Waals surface area contributed by atoms with Gasteiger partial charge in [-0.3, -0.25) is 0 Å². The Kier molecular flexibility index (Phi) is 3.36. The Morgan fingerprint density at radius 2 is 2.28 bits per heavy atom. The molecule has 1 saturated heterocycles. The van der Waals surface area contributed by atoms with Crippen molar-refractivity contribution >= 4 is 11.8 Å². The maximum absolute atomic E-state index is 13.5. The van der Waals surface area contributed by atoms with Crippen molar-refractivity contribution in [1.82, 2.24) is 9.97 Å². The topological polar surface area (TPSA) is 72.7 Å². The first-order valence-electron chi connectivity index (χ1n) is 5.73. The fourth-order valence-electron chi connectivity index (χ4n) is 1.97. The largest absolute Gasteiger partial charge is 0.393 e. The van der Waals surface area contributed by atoms with Gasteiger partial charge in [-0.05, 0) is 6.42 Å². The summed E-state index contributed by atoms with van der Waals surface area (Å²) in [5, 5.41) is 19.0. The molecule has 2 N–H and O–H groups in total. The van der Waals surface area contributed by atoms with Crippen molar-refractivity contribution in [2.45, 2.75) is 12.0 Å². The molecular weight excluding hydrogens is 239 g/mol. The molecule has 0 saturated carbocycles. The molecule has 100 valence electrons. The van der Waals surface area contributed by atoms with Crippen molar-refractivity contribution in [2.24, 2.45) is 0 Å². The zero-order chi connectivity index (χ0) is 13.3. The van der Waals surface area contributed by atoms with Crippen molar-refractivity contribution < 1.29 is 14.6 Å². The van der Waals surface area contributed by atoms with Gasteiger partial charge in [0.1, 0.15) is 5.60 Å². The van der Waals surface area contributed by atoms with E-state index in [1.54, 1.807) is 23.9 Å². The average molecular weight is 256 g/mol. The number of aliphatic hydroxyl groups excluding tert-OH is 1. The lowest BCUT2D eigenvalue weighted by molar-refractivity contribution is 0.00470. The van der Waals surface area contributed by atoms with Gasteiger partial charge in [0.05, 0.1) is 19.3 Å². The van der Waals surface area contributed by atoms with Gasteiger partial charge in [0.15, 0.2) is 11.6 Å². The van der Waals surface area contributed by atoms with Gasteiger partial charge in [0.2, 0.25) is 5.95 Å². The van der Waals surface area contributed by atoms with E-state index in [0.717, 1.165) is 6.20 Å². The monoisotopic (exact) mass is 256 g/mol. The normalized spacial score (nSPS) is 23.5. The quantitative estimate of drug-likeness (QED) is 0.768. The van der Waals surface area contributed by atoms with Gasteiger partial charge in [-0.15, -0.1) is 0 Å². The summed E-state index contributed by atoms with van der Waals surface area (Å²) in [5.74, 6) is 0.0873. The summed E-state index contributed by atoms with van der Waals surface area (Å²) in [7, 11) is 3.40. The minimum atomic E-state index is -1.12. The Bertz CT molecular complexity index is 443. The molecule has 0 amide bonds. The van der Waals surface area contributed by atoms with E-state index in [1.165, 1.54) is 0 Å². The first kappa shape index (κ1) is 13.0. The third kappa shape index (κ3) is 2.37. The first-order valence-corrected chi connectivity index (χ1v) is 5.73. The fraction of sp³-hybridized carbons (Fsp3) is 0.636. The highest BCUT2D eigenvalue weighted by atomic mass is 19.1. The number of rotatable bonds is 3. The molecule has 1 atom stereocenters. The lowest BCUT2D eigenvalue weighted by Gasteiger charge is -2.21. The van der Waals surface area contributed by atoms with E-state index in [4.69, 9.17) is 5.11 Å². The number of anilines is 2. The fourth-order valence-corrected chi connectivity index (χ4v) is 1.97. The van der Waals surface area contributed by atoms with E-state index in [1.807, 2.05) is 0 Å². The predicted octanol–water partition coefficient (Wildman–Crippen LogP) is -0.385. The van der Waals surface area contributed by atoms with Gasteiger partial charge in [-0.1, -0.05) is 0 Å². The van der Waals surface area contributed by atoms with Crippen LogP contribution in [0.4, 0.5) is 16.2 Å². The summed E-state index contributed by atoms with van der Waals surface area (Å²) < 4.78 is 13.5. The van der Waals surface area contributed by atoms with Gasteiger partial charge in [-0.25, -0.2) is 9.37 Å². The van der Waals surface area contributed by atoms with Crippen LogP contribution < -0.4 is 9.80 Å². The van der Waals surface area contributed by atoms with E-state index < -0.39 is 11.4 Å². The lowest BCUT2D eigenvalue weighted by Crippen LogP contribution is -2.37. The van der Waals surface area contributed by atoms with Crippen LogP contribution in [0.3, 0.4) is 0 Å². The SMILES string of the molecule is CN(C)c1nc(N2CC[C@](O)(CO)C2)ncc1F. The molecule has 7 heteroatoms. The third-order valence-electron chi connectivity index (χ3n) is 3.05. The molecule has 18 heavy (non-hydrogen) atoms. The molecule has 1 aromatic rings.